The zero-order valence-corrected chi connectivity index (χ0v) is 12.3. The summed E-state index contributed by atoms with van der Waals surface area (Å²) in [7, 11) is 0. The predicted molar refractivity (Wildman–Crippen MR) is 77.3 cm³/mol. The van der Waals surface area contributed by atoms with Crippen LogP contribution in [0, 0.1) is 11.8 Å². The maximum Gasteiger partial charge on any atom is 0.00671 e. The van der Waals surface area contributed by atoms with E-state index in [9.17, 15) is 0 Å². The van der Waals surface area contributed by atoms with Crippen molar-refractivity contribution in [3.63, 3.8) is 0 Å². The van der Waals surface area contributed by atoms with Crippen molar-refractivity contribution >= 4 is 0 Å². The second-order valence-electron chi connectivity index (χ2n) is 6.35. The molecule has 1 saturated carbocycles. The molecule has 1 aliphatic carbocycles. The molecule has 0 heterocycles. The molecule has 1 rings (SSSR count). The van der Waals surface area contributed by atoms with E-state index in [1.807, 2.05) is 0 Å². The summed E-state index contributed by atoms with van der Waals surface area (Å²) in [6.07, 6.45) is 12.8. The molecule has 1 nitrogen and oxygen atoms in total. The molecular weight excluding hydrogens is 206 g/mol. The normalized spacial score (nSPS) is 26.1. The summed E-state index contributed by atoms with van der Waals surface area (Å²) in [5.41, 5.74) is 0. The van der Waals surface area contributed by atoms with E-state index in [1.165, 1.54) is 64.3 Å². The Morgan fingerprint density at radius 3 is 2.65 bits per heavy atom. The minimum Gasteiger partial charge on any atom is -0.314 e. The minimum atomic E-state index is 0.823. The zero-order valence-electron chi connectivity index (χ0n) is 12.3. The molecule has 0 saturated heterocycles. The molecule has 1 N–H and O–H groups in total. The van der Waals surface area contributed by atoms with E-state index in [4.69, 9.17) is 0 Å². The maximum absolute atomic E-state index is 3.78. The van der Waals surface area contributed by atoms with Crippen LogP contribution in [-0.4, -0.2) is 12.6 Å². The third kappa shape index (κ3) is 7.08. The standard InChI is InChI=1S/C16H33N/c1-4-7-15-9-5-10-16(12-11-15)17-13-6-8-14(2)3/h14-17H,4-13H2,1-3H3. The summed E-state index contributed by atoms with van der Waals surface area (Å²) in [6.45, 7) is 8.20. The van der Waals surface area contributed by atoms with Crippen molar-refractivity contribution in [2.24, 2.45) is 11.8 Å². The van der Waals surface area contributed by atoms with Crippen molar-refractivity contribution < 1.29 is 0 Å². The summed E-state index contributed by atoms with van der Waals surface area (Å²) in [5.74, 6) is 1.89. The van der Waals surface area contributed by atoms with Gasteiger partial charge in [0.1, 0.15) is 0 Å². The molecule has 2 unspecified atom stereocenters. The quantitative estimate of drug-likeness (QED) is 0.499. The molecule has 0 radical (unpaired) electrons. The van der Waals surface area contributed by atoms with Gasteiger partial charge >= 0.3 is 0 Å². The SMILES string of the molecule is CCCC1CCCC(NCCCC(C)C)CC1. The second kappa shape index (κ2) is 8.97. The van der Waals surface area contributed by atoms with Crippen LogP contribution in [0.1, 0.15) is 78.6 Å². The lowest BCUT2D eigenvalue weighted by Gasteiger charge is -2.17. The second-order valence-corrected chi connectivity index (χ2v) is 6.35. The van der Waals surface area contributed by atoms with E-state index in [2.05, 4.69) is 26.1 Å². The van der Waals surface area contributed by atoms with E-state index >= 15 is 0 Å². The molecule has 0 aromatic carbocycles. The van der Waals surface area contributed by atoms with Crippen LogP contribution in [0.15, 0.2) is 0 Å². The van der Waals surface area contributed by atoms with Crippen molar-refractivity contribution in [3.8, 4) is 0 Å². The molecule has 1 heteroatoms. The molecule has 1 fully saturated rings. The predicted octanol–water partition coefficient (Wildman–Crippen LogP) is 4.76. The van der Waals surface area contributed by atoms with Crippen molar-refractivity contribution in [3.05, 3.63) is 0 Å². The van der Waals surface area contributed by atoms with E-state index in [-0.39, 0.29) is 0 Å². The smallest absolute Gasteiger partial charge is 0.00671 e. The van der Waals surface area contributed by atoms with Gasteiger partial charge in [0.15, 0.2) is 0 Å². The molecule has 0 amide bonds. The first-order chi connectivity index (χ1) is 8.22. The van der Waals surface area contributed by atoms with Gasteiger partial charge in [-0.05, 0) is 50.5 Å². The van der Waals surface area contributed by atoms with Gasteiger partial charge in [-0.3, -0.25) is 0 Å². The zero-order chi connectivity index (χ0) is 12.5. The van der Waals surface area contributed by atoms with Crippen molar-refractivity contribution in [1.29, 1.82) is 0 Å². The monoisotopic (exact) mass is 239 g/mol. The largest absolute Gasteiger partial charge is 0.314 e. The Morgan fingerprint density at radius 2 is 1.94 bits per heavy atom. The molecule has 0 aromatic rings. The van der Waals surface area contributed by atoms with Gasteiger partial charge in [0.05, 0.1) is 0 Å². The first-order valence-electron chi connectivity index (χ1n) is 7.95. The Labute approximate surface area is 109 Å². The molecule has 0 aromatic heterocycles. The Morgan fingerprint density at radius 1 is 1.12 bits per heavy atom. The highest BCUT2D eigenvalue weighted by Gasteiger charge is 2.17. The van der Waals surface area contributed by atoms with Crippen LogP contribution in [0.2, 0.25) is 0 Å². The van der Waals surface area contributed by atoms with E-state index in [0.717, 1.165) is 17.9 Å². The van der Waals surface area contributed by atoms with Crippen molar-refractivity contribution in [2.45, 2.75) is 84.6 Å². The van der Waals surface area contributed by atoms with Gasteiger partial charge < -0.3 is 5.32 Å². The van der Waals surface area contributed by atoms with Crippen LogP contribution in [0.25, 0.3) is 0 Å². The van der Waals surface area contributed by atoms with Crippen LogP contribution in [-0.2, 0) is 0 Å². The first-order valence-corrected chi connectivity index (χ1v) is 7.95. The van der Waals surface area contributed by atoms with Gasteiger partial charge in [-0.25, -0.2) is 0 Å². The highest BCUT2D eigenvalue weighted by Crippen LogP contribution is 2.26. The molecule has 0 spiro atoms. The fraction of sp³-hybridized carbons (Fsp3) is 1.00. The molecule has 2 atom stereocenters. The summed E-state index contributed by atoms with van der Waals surface area (Å²) >= 11 is 0. The molecule has 17 heavy (non-hydrogen) atoms. The van der Waals surface area contributed by atoms with E-state index < -0.39 is 0 Å². The van der Waals surface area contributed by atoms with Gasteiger partial charge in [0, 0.05) is 6.04 Å². The highest BCUT2D eigenvalue weighted by molar-refractivity contribution is 4.74. The number of hydrogen-bond acceptors (Lipinski definition) is 1. The molecule has 1 aliphatic rings. The lowest BCUT2D eigenvalue weighted by Crippen LogP contribution is -2.29. The maximum atomic E-state index is 3.78. The van der Waals surface area contributed by atoms with Crippen LogP contribution >= 0.6 is 0 Å². The molecule has 0 bridgehead atoms. The first kappa shape index (κ1) is 15.0. The summed E-state index contributed by atoms with van der Waals surface area (Å²) in [4.78, 5) is 0. The Balaban J connectivity index is 2.09. The third-order valence-corrected chi connectivity index (χ3v) is 4.18. The van der Waals surface area contributed by atoms with Gasteiger partial charge in [0.2, 0.25) is 0 Å². The Kier molecular flexibility index (Phi) is 7.92. The van der Waals surface area contributed by atoms with Gasteiger partial charge in [0.25, 0.3) is 0 Å². The lowest BCUT2D eigenvalue weighted by molar-refractivity contribution is 0.405. The summed E-state index contributed by atoms with van der Waals surface area (Å²) in [5, 5.41) is 3.78. The molecule has 102 valence electrons. The van der Waals surface area contributed by atoms with Gasteiger partial charge in [-0.2, -0.15) is 0 Å². The van der Waals surface area contributed by atoms with Gasteiger partial charge in [-0.15, -0.1) is 0 Å². The average Bonchev–Trinajstić information content (AvgIpc) is 2.51. The summed E-state index contributed by atoms with van der Waals surface area (Å²) < 4.78 is 0. The van der Waals surface area contributed by atoms with Gasteiger partial charge in [-0.1, -0.05) is 46.5 Å². The number of rotatable bonds is 7. The Hall–Kier alpha value is -0.0400. The van der Waals surface area contributed by atoms with E-state index in [1.54, 1.807) is 0 Å². The van der Waals surface area contributed by atoms with Crippen LogP contribution in [0.3, 0.4) is 0 Å². The van der Waals surface area contributed by atoms with Crippen LogP contribution in [0.5, 0.6) is 0 Å². The average molecular weight is 239 g/mol. The van der Waals surface area contributed by atoms with Crippen molar-refractivity contribution in [2.75, 3.05) is 6.54 Å². The number of nitrogens with one attached hydrogen (secondary N) is 1. The summed E-state index contributed by atoms with van der Waals surface area (Å²) in [6, 6.07) is 0.823. The topological polar surface area (TPSA) is 12.0 Å². The number of hydrogen-bond donors (Lipinski definition) is 1. The molecule has 0 aliphatic heterocycles. The van der Waals surface area contributed by atoms with Crippen molar-refractivity contribution in [1.82, 2.24) is 5.32 Å². The molecular formula is C16H33N. The fourth-order valence-electron chi connectivity index (χ4n) is 3.10. The lowest BCUT2D eigenvalue weighted by atomic mass is 9.95. The van der Waals surface area contributed by atoms with Crippen LogP contribution < -0.4 is 5.32 Å². The fourth-order valence-corrected chi connectivity index (χ4v) is 3.10. The Bertz CT molecular complexity index is 176. The minimum absolute atomic E-state index is 0.823. The van der Waals surface area contributed by atoms with E-state index in [0.29, 0.717) is 0 Å². The third-order valence-electron chi connectivity index (χ3n) is 4.18. The van der Waals surface area contributed by atoms with Crippen LogP contribution in [0.4, 0.5) is 0 Å². The highest BCUT2D eigenvalue weighted by atomic mass is 14.9.